The van der Waals surface area contributed by atoms with Gasteiger partial charge in [0.1, 0.15) is 10.6 Å². The summed E-state index contributed by atoms with van der Waals surface area (Å²) in [4.78, 5) is 13.7. The van der Waals surface area contributed by atoms with Gasteiger partial charge in [-0.25, -0.2) is 4.98 Å². The summed E-state index contributed by atoms with van der Waals surface area (Å²) in [6, 6.07) is 2.15. The highest BCUT2D eigenvalue weighted by molar-refractivity contribution is 7.18. The van der Waals surface area contributed by atoms with Crippen LogP contribution in [0.1, 0.15) is 24.6 Å². The van der Waals surface area contributed by atoms with Crippen LogP contribution in [-0.2, 0) is 0 Å². The van der Waals surface area contributed by atoms with Gasteiger partial charge in [-0.2, -0.15) is 4.98 Å². The zero-order chi connectivity index (χ0) is 14.3. The maximum absolute atomic E-state index is 10.1. The summed E-state index contributed by atoms with van der Waals surface area (Å²) in [6.45, 7) is 5.66. The Kier molecular flexibility index (Phi) is 3.30. The van der Waals surface area contributed by atoms with Crippen molar-refractivity contribution in [2.45, 2.75) is 32.3 Å². The number of nitrogens with one attached hydrogen (secondary N) is 1. The van der Waals surface area contributed by atoms with Crippen molar-refractivity contribution in [2.24, 2.45) is 0 Å². The number of aromatic nitrogens is 2. The highest BCUT2D eigenvalue weighted by Crippen LogP contribution is 2.34. The molecular weight excluding hydrogens is 272 g/mol. The Balaban J connectivity index is 2.01. The van der Waals surface area contributed by atoms with E-state index in [9.17, 15) is 5.11 Å². The van der Waals surface area contributed by atoms with Crippen LogP contribution in [0.15, 0.2) is 6.07 Å². The Labute approximate surface area is 122 Å². The van der Waals surface area contributed by atoms with Gasteiger partial charge < -0.3 is 15.3 Å². The number of nitrogens with zero attached hydrogens (tertiary/aromatic N) is 3. The number of thiophene rings is 1. The summed E-state index contributed by atoms with van der Waals surface area (Å²) in [6.07, 6.45) is 1.55. The van der Waals surface area contributed by atoms with E-state index in [1.54, 1.807) is 11.3 Å². The van der Waals surface area contributed by atoms with Gasteiger partial charge in [-0.3, -0.25) is 0 Å². The SMILES string of the molecule is CNc1nc(N2CCC(C)(O)CC2)c2cc(C)sc2n1. The lowest BCUT2D eigenvalue weighted by atomic mass is 9.94. The van der Waals surface area contributed by atoms with Gasteiger partial charge in [-0.15, -0.1) is 11.3 Å². The summed E-state index contributed by atoms with van der Waals surface area (Å²) >= 11 is 1.69. The number of rotatable bonds is 2. The van der Waals surface area contributed by atoms with Gasteiger partial charge in [-0.05, 0) is 32.8 Å². The van der Waals surface area contributed by atoms with Crippen LogP contribution in [0.3, 0.4) is 0 Å². The lowest BCUT2D eigenvalue weighted by molar-refractivity contribution is 0.0350. The molecule has 0 radical (unpaired) electrons. The van der Waals surface area contributed by atoms with E-state index in [1.165, 1.54) is 4.88 Å². The monoisotopic (exact) mass is 292 g/mol. The first-order chi connectivity index (χ1) is 9.48. The molecule has 1 fully saturated rings. The number of anilines is 2. The van der Waals surface area contributed by atoms with Gasteiger partial charge in [0.25, 0.3) is 0 Å². The Hall–Kier alpha value is -1.40. The number of hydrogen-bond donors (Lipinski definition) is 2. The van der Waals surface area contributed by atoms with Gasteiger partial charge in [0.05, 0.1) is 11.0 Å². The van der Waals surface area contributed by atoms with Gasteiger partial charge in [0, 0.05) is 25.0 Å². The molecule has 2 aromatic rings. The number of fused-ring (bicyclic) bond motifs is 1. The lowest BCUT2D eigenvalue weighted by Gasteiger charge is -2.36. The molecule has 1 aliphatic heterocycles. The summed E-state index contributed by atoms with van der Waals surface area (Å²) in [7, 11) is 1.84. The van der Waals surface area contributed by atoms with E-state index < -0.39 is 5.60 Å². The predicted molar refractivity (Wildman–Crippen MR) is 83.8 cm³/mol. The third-order valence-corrected chi connectivity index (χ3v) is 4.80. The number of piperidine rings is 1. The third-order valence-electron chi connectivity index (χ3n) is 3.86. The van der Waals surface area contributed by atoms with Crippen molar-refractivity contribution >= 4 is 33.3 Å². The molecule has 0 aliphatic carbocycles. The Morgan fingerprint density at radius 3 is 2.70 bits per heavy atom. The minimum atomic E-state index is -0.543. The molecule has 0 amide bonds. The third kappa shape index (κ3) is 2.45. The average Bonchev–Trinajstić information content (AvgIpc) is 2.78. The highest BCUT2D eigenvalue weighted by Gasteiger charge is 2.29. The molecule has 108 valence electrons. The Bertz CT molecular complexity index is 627. The van der Waals surface area contributed by atoms with Crippen LogP contribution < -0.4 is 10.2 Å². The van der Waals surface area contributed by atoms with Crippen molar-refractivity contribution in [2.75, 3.05) is 30.4 Å². The fourth-order valence-corrected chi connectivity index (χ4v) is 3.45. The maximum atomic E-state index is 10.1. The van der Waals surface area contributed by atoms with E-state index in [4.69, 9.17) is 0 Å². The minimum Gasteiger partial charge on any atom is -0.390 e. The molecule has 3 heterocycles. The second-order valence-electron chi connectivity index (χ2n) is 5.68. The van der Waals surface area contributed by atoms with E-state index in [2.05, 4.69) is 33.2 Å². The predicted octanol–water partition coefficient (Wildman–Crippen LogP) is 2.39. The van der Waals surface area contributed by atoms with Crippen LogP contribution in [0.25, 0.3) is 10.2 Å². The molecule has 0 unspecified atom stereocenters. The van der Waals surface area contributed by atoms with E-state index in [0.717, 1.165) is 42.0 Å². The molecular formula is C14H20N4OS. The second-order valence-corrected chi connectivity index (χ2v) is 6.92. The lowest BCUT2D eigenvalue weighted by Crippen LogP contribution is -2.42. The van der Waals surface area contributed by atoms with Crippen molar-refractivity contribution < 1.29 is 5.11 Å². The number of aryl methyl sites for hydroxylation is 1. The van der Waals surface area contributed by atoms with Gasteiger partial charge >= 0.3 is 0 Å². The molecule has 1 saturated heterocycles. The molecule has 1 aliphatic rings. The van der Waals surface area contributed by atoms with Crippen LogP contribution >= 0.6 is 11.3 Å². The molecule has 2 N–H and O–H groups in total. The molecule has 0 bridgehead atoms. The average molecular weight is 292 g/mol. The quantitative estimate of drug-likeness (QED) is 0.890. The summed E-state index contributed by atoms with van der Waals surface area (Å²) in [5, 5.41) is 14.2. The van der Waals surface area contributed by atoms with Crippen molar-refractivity contribution in [1.82, 2.24) is 9.97 Å². The van der Waals surface area contributed by atoms with Gasteiger partial charge in [-0.1, -0.05) is 0 Å². The van der Waals surface area contributed by atoms with Crippen molar-refractivity contribution in [1.29, 1.82) is 0 Å². The molecule has 20 heavy (non-hydrogen) atoms. The van der Waals surface area contributed by atoms with Crippen molar-refractivity contribution in [3.05, 3.63) is 10.9 Å². The largest absolute Gasteiger partial charge is 0.390 e. The molecule has 6 heteroatoms. The zero-order valence-corrected chi connectivity index (χ0v) is 12.9. The maximum Gasteiger partial charge on any atom is 0.225 e. The summed E-state index contributed by atoms with van der Waals surface area (Å²) in [5.74, 6) is 1.64. The molecule has 0 aromatic carbocycles. The molecule has 0 spiro atoms. The van der Waals surface area contributed by atoms with Gasteiger partial charge in [0.2, 0.25) is 5.95 Å². The van der Waals surface area contributed by atoms with Crippen LogP contribution in [0, 0.1) is 6.92 Å². The van der Waals surface area contributed by atoms with Crippen LogP contribution in [0.5, 0.6) is 0 Å². The normalized spacial score (nSPS) is 18.5. The highest BCUT2D eigenvalue weighted by atomic mass is 32.1. The van der Waals surface area contributed by atoms with Crippen LogP contribution in [0.4, 0.5) is 11.8 Å². The standard InChI is InChI=1S/C14H20N4OS/c1-9-8-10-11(16-13(15-3)17-12(10)20-9)18-6-4-14(2,19)5-7-18/h8,19H,4-7H2,1-3H3,(H,15,16,17). The van der Waals surface area contributed by atoms with Crippen molar-refractivity contribution in [3.63, 3.8) is 0 Å². The zero-order valence-electron chi connectivity index (χ0n) is 12.1. The van der Waals surface area contributed by atoms with E-state index in [0.29, 0.717) is 5.95 Å². The molecule has 5 nitrogen and oxygen atoms in total. The fraction of sp³-hybridized carbons (Fsp3) is 0.571. The minimum absolute atomic E-state index is 0.543. The molecule has 2 aromatic heterocycles. The first-order valence-corrected chi connectivity index (χ1v) is 7.73. The van der Waals surface area contributed by atoms with Crippen LogP contribution in [-0.4, -0.2) is 40.8 Å². The Morgan fingerprint density at radius 2 is 2.05 bits per heavy atom. The fourth-order valence-electron chi connectivity index (χ4n) is 2.58. The topological polar surface area (TPSA) is 61.3 Å². The second kappa shape index (κ2) is 4.86. The molecule has 0 atom stereocenters. The number of aliphatic hydroxyl groups is 1. The summed E-state index contributed by atoms with van der Waals surface area (Å²) < 4.78 is 0. The van der Waals surface area contributed by atoms with Crippen LogP contribution in [0.2, 0.25) is 0 Å². The van der Waals surface area contributed by atoms with Gasteiger partial charge in [0.15, 0.2) is 0 Å². The number of hydrogen-bond acceptors (Lipinski definition) is 6. The smallest absolute Gasteiger partial charge is 0.225 e. The van der Waals surface area contributed by atoms with Crippen molar-refractivity contribution in [3.8, 4) is 0 Å². The molecule has 0 saturated carbocycles. The first-order valence-electron chi connectivity index (χ1n) is 6.92. The van der Waals surface area contributed by atoms with E-state index >= 15 is 0 Å². The molecule has 3 rings (SSSR count). The van der Waals surface area contributed by atoms with E-state index in [1.807, 2.05) is 14.0 Å². The Morgan fingerprint density at radius 1 is 1.35 bits per heavy atom. The first kappa shape index (κ1) is 13.6. The summed E-state index contributed by atoms with van der Waals surface area (Å²) in [5.41, 5.74) is -0.543. The van der Waals surface area contributed by atoms with E-state index in [-0.39, 0.29) is 0 Å².